The molecule has 3 unspecified atom stereocenters. The van der Waals surface area contributed by atoms with Crippen molar-refractivity contribution in [2.45, 2.75) is 63.7 Å². The Bertz CT molecular complexity index is 443. The highest BCUT2D eigenvalue weighted by Crippen LogP contribution is 2.31. The molecule has 21 heavy (non-hydrogen) atoms. The summed E-state index contributed by atoms with van der Waals surface area (Å²) in [5.74, 6) is 0.692. The molecule has 0 amide bonds. The number of hydrogen-bond donors (Lipinski definition) is 1. The number of ether oxygens (including phenoxy) is 1. The van der Waals surface area contributed by atoms with E-state index in [2.05, 4.69) is 52.4 Å². The molecule has 1 N–H and O–H groups in total. The van der Waals surface area contributed by atoms with Crippen LogP contribution < -0.4 is 5.32 Å². The third-order valence-corrected chi connectivity index (χ3v) is 5.31. The van der Waals surface area contributed by atoms with Crippen LogP contribution >= 0.6 is 15.9 Å². The van der Waals surface area contributed by atoms with Gasteiger partial charge in [0.05, 0.1) is 12.2 Å². The van der Waals surface area contributed by atoms with Gasteiger partial charge in [-0.15, -0.1) is 0 Å². The minimum Gasteiger partial charge on any atom is -0.369 e. The van der Waals surface area contributed by atoms with E-state index in [-0.39, 0.29) is 6.10 Å². The second-order valence-electron chi connectivity index (χ2n) is 6.66. The van der Waals surface area contributed by atoms with Gasteiger partial charge in [0.1, 0.15) is 0 Å². The van der Waals surface area contributed by atoms with Gasteiger partial charge in [-0.3, -0.25) is 0 Å². The van der Waals surface area contributed by atoms with E-state index < -0.39 is 0 Å². The summed E-state index contributed by atoms with van der Waals surface area (Å²) in [5.41, 5.74) is 1.30. The molecule has 0 aliphatic heterocycles. The SMILES string of the molecule is CC1CCCCC1OC(CNC1CC1)c1ccc(Br)cc1. The molecule has 2 nitrogen and oxygen atoms in total. The van der Waals surface area contributed by atoms with Crippen molar-refractivity contribution in [3.63, 3.8) is 0 Å². The molecule has 0 radical (unpaired) electrons. The first-order valence-electron chi connectivity index (χ1n) is 8.36. The van der Waals surface area contributed by atoms with E-state index in [9.17, 15) is 0 Å². The highest BCUT2D eigenvalue weighted by atomic mass is 79.9. The molecule has 1 aromatic rings. The van der Waals surface area contributed by atoms with E-state index in [1.807, 2.05) is 0 Å². The lowest BCUT2D eigenvalue weighted by molar-refractivity contribution is -0.0565. The molecule has 0 aromatic heterocycles. The molecular weight excluding hydrogens is 326 g/mol. The third kappa shape index (κ3) is 4.54. The zero-order valence-corrected chi connectivity index (χ0v) is 14.4. The van der Waals surface area contributed by atoms with Crippen LogP contribution in [0.3, 0.4) is 0 Å². The second-order valence-corrected chi connectivity index (χ2v) is 7.57. The van der Waals surface area contributed by atoms with E-state index in [1.54, 1.807) is 0 Å². The van der Waals surface area contributed by atoms with Crippen LogP contribution in [0.25, 0.3) is 0 Å². The van der Waals surface area contributed by atoms with Crippen molar-refractivity contribution in [1.29, 1.82) is 0 Å². The summed E-state index contributed by atoms with van der Waals surface area (Å²) in [5, 5.41) is 3.64. The maximum Gasteiger partial charge on any atom is 0.0953 e. The van der Waals surface area contributed by atoms with Crippen LogP contribution in [0, 0.1) is 5.92 Å². The van der Waals surface area contributed by atoms with E-state index in [1.165, 1.54) is 44.1 Å². The molecule has 0 saturated heterocycles. The summed E-state index contributed by atoms with van der Waals surface area (Å²) >= 11 is 3.52. The normalized spacial score (nSPS) is 27.5. The van der Waals surface area contributed by atoms with E-state index >= 15 is 0 Å². The highest BCUT2D eigenvalue weighted by Gasteiger charge is 2.27. The Morgan fingerprint density at radius 3 is 2.52 bits per heavy atom. The maximum atomic E-state index is 6.53. The number of hydrogen-bond acceptors (Lipinski definition) is 2. The predicted octanol–water partition coefficient (Wildman–Crippen LogP) is 4.84. The molecule has 116 valence electrons. The molecule has 3 heteroatoms. The molecule has 0 bridgehead atoms. The largest absolute Gasteiger partial charge is 0.369 e. The Balaban J connectivity index is 1.66. The lowest BCUT2D eigenvalue weighted by Gasteiger charge is -2.33. The van der Waals surface area contributed by atoms with Crippen LogP contribution in [0.2, 0.25) is 0 Å². The van der Waals surface area contributed by atoms with Crippen molar-refractivity contribution >= 4 is 15.9 Å². The Labute approximate surface area is 136 Å². The molecule has 0 heterocycles. The van der Waals surface area contributed by atoms with Gasteiger partial charge in [0, 0.05) is 17.1 Å². The van der Waals surface area contributed by atoms with Crippen molar-refractivity contribution in [3.05, 3.63) is 34.3 Å². The Kier molecular flexibility index (Phi) is 5.36. The lowest BCUT2D eigenvalue weighted by atomic mass is 9.87. The van der Waals surface area contributed by atoms with Crippen molar-refractivity contribution in [3.8, 4) is 0 Å². The van der Waals surface area contributed by atoms with Crippen LogP contribution in [0.4, 0.5) is 0 Å². The van der Waals surface area contributed by atoms with Crippen LogP contribution in [0.5, 0.6) is 0 Å². The second kappa shape index (κ2) is 7.26. The fourth-order valence-corrected chi connectivity index (χ4v) is 3.44. The minimum atomic E-state index is 0.184. The first kappa shape index (κ1) is 15.5. The quantitative estimate of drug-likeness (QED) is 0.791. The zero-order valence-electron chi connectivity index (χ0n) is 12.9. The number of halogens is 1. The van der Waals surface area contributed by atoms with Gasteiger partial charge in [-0.1, -0.05) is 47.8 Å². The van der Waals surface area contributed by atoms with Gasteiger partial charge in [-0.2, -0.15) is 0 Å². The topological polar surface area (TPSA) is 21.3 Å². The van der Waals surface area contributed by atoms with Gasteiger partial charge in [0.15, 0.2) is 0 Å². The average molecular weight is 352 g/mol. The van der Waals surface area contributed by atoms with Crippen molar-refractivity contribution < 1.29 is 4.74 Å². The van der Waals surface area contributed by atoms with Crippen LogP contribution in [0.15, 0.2) is 28.7 Å². The number of benzene rings is 1. The summed E-state index contributed by atoms with van der Waals surface area (Å²) in [4.78, 5) is 0. The van der Waals surface area contributed by atoms with E-state index in [0.29, 0.717) is 12.0 Å². The Hall–Kier alpha value is -0.380. The molecule has 2 saturated carbocycles. The first-order valence-corrected chi connectivity index (χ1v) is 9.16. The number of nitrogens with one attached hydrogen (secondary N) is 1. The van der Waals surface area contributed by atoms with Crippen LogP contribution in [-0.4, -0.2) is 18.7 Å². The predicted molar refractivity (Wildman–Crippen MR) is 90.4 cm³/mol. The van der Waals surface area contributed by atoms with Crippen LogP contribution in [0.1, 0.15) is 57.1 Å². The molecule has 2 fully saturated rings. The highest BCUT2D eigenvalue weighted by molar-refractivity contribution is 9.10. The fourth-order valence-electron chi connectivity index (χ4n) is 3.18. The Morgan fingerprint density at radius 1 is 1.14 bits per heavy atom. The summed E-state index contributed by atoms with van der Waals surface area (Å²) in [6.45, 7) is 3.28. The van der Waals surface area contributed by atoms with Gasteiger partial charge >= 0.3 is 0 Å². The van der Waals surface area contributed by atoms with Gasteiger partial charge in [-0.05, 0) is 49.3 Å². The summed E-state index contributed by atoms with van der Waals surface area (Å²) < 4.78 is 7.66. The monoisotopic (exact) mass is 351 g/mol. The Morgan fingerprint density at radius 2 is 1.86 bits per heavy atom. The molecule has 0 spiro atoms. The first-order chi connectivity index (χ1) is 10.2. The maximum absolute atomic E-state index is 6.53. The van der Waals surface area contributed by atoms with Gasteiger partial charge < -0.3 is 10.1 Å². The van der Waals surface area contributed by atoms with Gasteiger partial charge in [0.2, 0.25) is 0 Å². The smallest absolute Gasteiger partial charge is 0.0953 e. The third-order valence-electron chi connectivity index (χ3n) is 4.78. The fraction of sp³-hybridized carbons (Fsp3) is 0.667. The zero-order chi connectivity index (χ0) is 14.7. The summed E-state index contributed by atoms with van der Waals surface area (Å²) in [6.07, 6.45) is 8.48. The number of rotatable bonds is 6. The average Bonchev–Trinajstić information content (AvgIpc) is 3.31. The van der Waals surface area contributed by atoms with E-state index in [4.69, 9.17) is 4.74 Å². The molecule has 2 aliphatic rings. The van der Waals surface area contributed by atoms with E-state index in [0.717, 1.165) is 17.1 Å². The molecule has 1 aromatic carbocycles. The van der Waals surface area contributed by atoms with Crippen molar-refractivity contribution in [2.24, 2.45) is 5.92 Å². The minimum absolute atomic E-state index is 0.184. The lowest BCUT2D eigenvalue weighted by Crippen LogP contribution is -2.32. The summed E-state index contributed by atoms with van der Waals surface area (Å²) in [6, 6.07) is 9.35. The van der Waals surface area contributed by atoms with Gasteiger partial charge in [0.25, 0.3) is 0 Å². The molecule has 2 aliphatic carbocycles. The summed E-state index contributed by atoms with van der Waals surface area (Å²) in [7, 11) is 0. The van der Waals surface area contributed by atoms with Crippen LogP contribution in [-0.2, 0) is 4.74 Å². The van der Waals surface area contributed by atoms with Gasteiger partial charge in [-0.25, -0.2) is 0 Å². The van der Waals surface area contributed by atoms with Crippen molar-refractivity contribution in [2.75, 3.05) is 6.54 Å². The molecule has 3 rings (SSSR count). The molecule has 3 atom stereocenters. The standard InChI is InChI=1S/C18H26BrNO/c1-13-4-2-3-5-17(13)21-18(12-20-16-10-11-16)14-6-8-15(19)9-7-14/h6-9,13,16-18,20H,2-5,10-12H2,1H3. The molecular formula is C18H26BrNO. The van der Waals surface area contributed by atoms with Crippen molar-refractivity contribution in [1.82, 2.24) is 5.32 Å².